The summed E-state index contributed by atoms with van der Waals surface area (Å²) < 4.78 is 9.05. The molecule has 0 saturated heterocycles. The summed E-state index contributed by atoms with van der Waals surface area (Å²) >= 11 is 1.77. The third kappa shape index (κ3) is 5.71. The molecule has 0 saturated carbocycles. The van der Waals surface area contributed by atoms with E-state index in [1.165, 1.54) is 31.8 Å². The van der Waals surface area contributed by atoms with Gasteiger partial charge in [0.05, 0.1) is 5.56 Å². The van der Waals surface area contributed by atoms with E-state index in [4.69, 9.17) is 19.4 Å². The summed E-state index contributed by atoms with van der Waals surface area (Å²) in [4.78, 5) is 15.9. The predicted molar refractivity (Wildman–Crippen MR) is 244 cm³/mol. The van der Waals surface area contributed by atoms with E-state index in [1.54, 1.807) is 17.4 Å². The molecule has 0 aliphatic carbocycles. The largest absolute Gasteiger partial charge is 0.456 e. The van der Waals surface area contributed by atoms with Crippen LogP contribution in [-0.2, 0) is 0 Å². The van der Waals surface area contributed by atoms with Crippen LogP contribution in [0.1, 0.15) is 5.76 Å². The van der Waals surface area contributed by atoms with Gasteiger partial charge in [0.1, 0.15) is 11.3 Å². The molecular weight excluding hydrogens is 727 g/mol. The van der Waals surface area contributed by atoms with Crippen molar-refractivity contribution < 1.29 is 4.42 Å². The lowest BCUT2D eigenvalue weighted by atomic mass is 9.94. The summed E-state index contributed by atoms with van der Waals surface area (Å²) in [5.74, 6) is 2.38. The van der Waals surface area contributed by atoms with Crippen LogP contribution in [0, 0.1) is 0 Å². The standard InChI is InChI=1S/C53H33N3OS/c1-2-3-23-46-49(48-41(20-12-24-45(48)57-46)36-29-27-35(28-30-36)40-19-10-16-34-14-6-7-17-39(34)40)53-55-51(38-31-26-33-13-4-5-15-37(33)32-38)54-52(56-53)44-22-11-21-43-42-18-8-9-25-47(42)58-50(43)44/h2-32H,1H2/b23-3-. The Hall–Kier alpha value is -7.47. The van der Waals surface area contributed by atoms with Crippen molar-refractivity contribution in [3.8, 4) is 56.4 Å². The smallest absolute Gasteiger partial charge is 0.168 e. The van der Waals surface area contributed by atoms with Gasteiger partial charge in [-0.2, -0.15) is 0 Å². The molecule has 0 atom stereocenters. The normalized spacial score (nSPS) is 11.8. The summed E-state index contributed by atoms with van der Waals surface area (Å²) in [5.41, 5.74) is 7.88. The lowest BCUT2D eigenvalue weighted by Gasteiger charge is -2.11. The molecule has 11 aromatic rings. The summed E-state index contributed by atoms with van der Waals surface area (Å²) in [6, 6.07) is 59.7. The fraction of sp³-hybridized carbons (Fsp3) is 0. The molecule has 0 N–H and O–H groups in total. The first-order valence-corrected chi connectivity index (χ1v) is 20.1. The molecule has 0 spiro atoms. The van der Waals surface area contributed by atoms with Crippen molar-refractivity contribution in [3.05, 3.63) is 194 Å². The monoisotopic (exact) mass is 759 g/mol. The van der Waals surface area contributed by atoms with Crippen LogP contribution in [0.3, 0.4) is 0 Å². The Morgan fingerprint density at radius 2 is 1.10 bits per heavy atom. The Bertz CT molecular complexity index is 3420. The van der Waals surface area contributed by atoms with E-state index in [2.05, 4.69) is 164 Å². The Labute approximate surface area is 338 Å². The first kappa shape index (κ1) is 33.8. The quantitative estimate of drug-likeness (QED) is 0.152. The van der Waals surface area contributed by atoms with Gasteiger partial charge in [-0.15, -0.1) is 11.3 Å². The highest BCUT2D eigenvalue weighted by Gasteiger charge is 2.24. The second-order valence-electron chi connectivity index (χ2n) is 14.4. The second-order valence-corrected chi connectivity index (χ2v) is 15.4. The lowest BCUT2D eigenvalue weighted by molar-refractivity contribution is 0.605. The number of fused-ring (bicyclic) bond motifs is 6. The second kappa shape index (κ2) is 13.9. The molecule has 58 heavy (non-hydrogen) atoms. The maximum atomic E-state index is 6.69. The van der Waals surface area contributed by atoms with Crippen LogP contribution in [-0.4, -0.2) is 15.0 Å². The minimum Gasteiger partial charge on any atom is -0.456 e. The Morgan fingerprint density at radius 3 is 1.97 bits per heavy atom. The van der Waals surface area contributed by atoms with Crippen LogP contribution in [0.5, 0.6) is 0 Å². The average molecular weight is 760 g/mol. The van der Waals surface area contributed by atoms with E-state index in [0.29, 0.717) is 23.2 Å². The predicted octanol–water partition coefficient (Wildman–Crippen LogP) is 14.8. The van der Waals surface area contributed by atoms with Gasteiger partial charge in [0.2, 0.25) is 0 Å². The number of hydrogen-bond acceptors (Lipinski definition) is 5. The highest BCUT2D eigenvalue weighted by atomic mass is 32.1. The molecule has 3 aromatic heterocycles. The van der Waals surface area contributed by atoms with Gasteiger partial charge in [-0.3, -0.25) is 0 Å². The molecule has 0 radical (unpaired) electrons. The topological polar surface area (TPSA) is 51.8 Å². The van der Waals surface area contributed by atoms with Crippen molar-refractivity contribution in [2.24, 2.45) is 0 Å². The number of thiophene rings is 1. The fourth-order valence-corrected chi connectivity index (χ4v) is 9.41. The molecule has 5 heteroatoms. The van der Waals surface area contributed by atoms with Crippen molar-refractivity contribution in [2.45, 2.75) is 0 Å². The maximum absolute atomic E-state index is 6.69. The highest BCUT2D eigenvalue weighted by molar-refractivity contribution is 7.26. The average Bonchev–Trinajstić information content (AvgIpc) is 3.86. The Balaban J connectivity index is 1.15. The van der Waals surface area contributed by atoms with Crippen molar-refractivity contribution in [2.75, 3.05) is 0 Å². The van der Waals surface area contributed by atoms with Gasteiger partial charge in [0.25, 0.3) is 0 Å². The molecule has 0 fully saturated rings. The molecule has 0 aliphatic rings. The van der Waals surface area contributed by atoms with E-state index in [9.17, 15) is 0 Å². The summed E-state index contributed by atoms with van der Waals surface area (Å²) in [5, 5.41) is 8.07. The zero-order valence-corrected chi connectivity index (χ0v) is 32.1. The summed E-state index contributed by atoms with van der Waals surface area (Å²) in [6.45, 7) is 3.96. The number of furan rings is 1. The molecule has 8 aromatic carbocycles. The van der Waals surface area contributed by atoms with E-state index in [1.807, 2.05) is 24.3 Å². The van der Waals surface area contributed by atoms with E-state index < -0.39 is 0 Å². The van der Waals surface area contributed by atoms with Gasteiger partial charge in [0.15, 0.2) is 17.5 Å². The number of aromatic nitrogens is 3. The third-order valence-electron chi connectivity index (χ3n) is 10.9. The van der Waals surface area contributed by atoms with Crippen LogP contribution >= 0.6 is 11.3 Å². The molecule has 11 rings (SSSR count). The third-order valence-corrected chi connectivity index (χ3v) is 12.2. The number of hydrogen-bond donors (Lipinski definition) is 0. The molecule has 0 amide bonds. The number of rotatable bonds is 7. The lowest BCUT2D eigenvalue weighted by Crippen LogP contribution is -2.01. The Kier molecular flexibility index (Phi) is 8.12. The van der Waals surface area contributed by atoms with Crippen LogP contribution in [0.25, 0.3) is 115 Å². The van der Waals surface area contributed by atoms with E-state index in [0.717, 1.165) is 59.8 Å². The first-order valence-electron chi connectivity index (χ1n) is 19.3. The Morgan fingerprint density at radius 1 is 0.483 bits per heavy atom. The highest BCUT2D eigenvalue weighted by Crippen LogP contribution is 2.44. The minimum absolute atomic E-state index is 0.536. The molecule has 4 nitrogen and oxygen atoms in total. The molecular formula is C53H33N3OS. The molecule has 0 unspecified atom stereocenters. The molecule has 0 aliphatic heterocycles. The van der Waals surface area contributed by atoms with Gasteiger partial charge >= 0.3 is 0 Å². The van der Waals surface area contributed by atoms with Gasteiger partial charge in [-0.25, -0.2) is 15.0 Å². The first-order chi connectivity index (χ1) is 28.7. The van der Waals surface area contributed by atoms with Gasteiger partial charge in [0, 0.05) is 36.7 Å². The van der Waals surface area contributed by atoms with Crippen molar-refractivity contribution >= 4 is 70.1 Å². The SMILES string of the molecule is C=C/C=C\c1oc2cccc(-c3ccc(-c4cccc5ccccc45)cc3)c2c1-c1nc(-c2ccc3ccccc3c2)nc(-c2cccc3c2sc2ccccc23)n1. The van der Waals surface area contributed by atoms with Crippen molar-refractivity contribution in [3.63, 3.8) is 0 Å². The van der Waals surface area contributed by atoms with Crippen molar-refractivity contribution in [1.29, 1.82) is 0 Å². The van der Waals surface area contributed by atoms with Gasteiger partial charge in [-0.1, -0.05) is 164 Å². The zero-order valence-electron chi connectivity index (χ0n) is 31.3. The van der Waals surface area contributed by atoms with E-state index >= 15 is 0 Å². The van der Waals surface area contributed by atoms with Crippen LogP contribution in [0.2, 0.25) is 0 Å². The maximum Gasteiger partial charge on any atom is 0.168 e. The summed E-state index contributed by atoms with van der Waals surface area (Å²) in [6.07, 6.45) is 5.59. The van der Waals surface area contributed by atoms with Gasteiger partial charge < -0.3 is 4.42 Å². The molecule has 272 valence electrons. The number of nitrogens with zero attached hydrogens (tertiary/aromatic N) is 3. The van der Waals surface area contributed by atoms with Crippen LogP contribution < -0.4 is 0 Å². The number of benzene rings is 8. The minimum atomic E-state index is 0.536. The van der Waals surface area contributed by atoms with Crippen LogP contribution in [0.4, 0.5) is 0 Å². The fourth-order valence-electron chi connectivity index (χ4n) is 8.20. The zero-order chi connectivity index (χ0) is 38.6. The molecule has 3 heterocycles. The molecule has 0 bridgehead atoms. The van der Waals surface area contributed by atoms with E-state index in [-0.39, 0.29) is 0 Å². The van der Waals surface area contributed by atoms with Gasteiger partial charge in [-0.05, 0) is 74.1 Å². The van der Waals surface area contributed by atoms with Crippen molar-refractivity contribution in [1.82, 2.24) is 15.0 Å². The number of allylic oxidation sites excluding steroid dienone is 2. The summed E-state index contributed by atoms with van der Waals surface area (Å²) in [7, 11) is 0. The van der Waals surface area contributed by atoms with Crippen LogP contribution in [0.15, 0.2) is 193 Å².